The van der Waals surface area contributed by atoms with Crippen molar-refractivity contribution in [1.29, 1.82) is 0 Å². The molecule has 144 valence electrons. The maximum atomic E-state index is 12.6. The summed E-state index contributed by atoms with van der Waals surface area (Å²) >= 11 is 7.38. The molecule has 1 aromatic heterocycles. The van der Waals surface area contributed by atoms with Gasteiger partial charge in [0.2, 0.25) is 5.91 Å². The van der Waals surface area contributed by atoms with Gasteiger partial charge in [0.15, 0.2) is 0 Å². The number of benzene rings is 2. The number of ether oxygens (including phenoxy) is 1. The molecule has 4 rings (SSSR count). The van der Waals surface area contributed by atoms with E-state index in [1.165, 1.54) is 29.7 Å². The van der Waals surface area contributed by atoms with E-state index in [0.717, 1.165) is 16.5 Å². The minimum Gasteiger partial charge on any atom is -0.486 e. The highest BCUT2D eigenvalue weighted by Gasteiger charge is 2.33. The van der Waals surface area contributed by atoms with Crippen molar-refractivity contribution in [3.8, 4) is 5.75 Å². The number of carbonyl (C=O) groups excluding carboxylic acids is 1. The second-order valence-corrected chi connectivity index (χ2v) is 8.32. The number of nitrogens with zero attached hydrogens (tertiary/aromatic N) is 1. The first-order valence-corrected chi connectivity index (χ1v) is 10.6. The molecule has 1 unspecified atom stereocenters. The Labute approximate surface area is 173 Å². The third-order valence-corrected chi connectivity index (χ3v) is 5.81. The van der Waals surface area contributed by atoms with Gasteiger partial charge in [0.25, 0.3) is 0 Å². The van der Waals surface area contributed by atoms with Gasteiger partial charge in [-0.25, -0.2) is 4.98 Å². The van der Waals surface area contributed by atoms with Crippen LogP contribution in [0.3, 0.4) is 0 Å². The fraction of sp³-hybridized carbons (Fsp3) is 0.273. The predicted octanol–water partition coefficient (Wildman–Crippen LogP) is 5.19. The highest BCUT2D eigenvalue weighted by molar-refractivity contribution is 7.09. The minimum atomic E-state index is 0.0104. The van der Waals surface area contributed by atoms with E-state index in [4.69, 9.17) is 16.3 Å². The molecule has 1 aliphatic rings. The molecule has 28 heavy (non-hydrogen) atoms. The highest BCUT2D eigenvalue weighted by Crippen LogP contribution is 2.40. The standard InChI is InChI=1S/C22H21ClN2O2S/c23-17-8-10-19(11-9-17)27-13-21-24-18(14-28-21)12-20(26)25-22(16-6-7-16)15-4-2-1-3-5-15/h1-5,8-11,14,16,22H,6-7,12-13H2,(H,25,26). The molecule has 1 saturated carbocycles. The van der Waals surface area contributed by atoms with Crippen LogP contribution in [-0.4, -0.2) is 10.9 Å². The summed E-state index contributed by atoms with van der Waals surface area (Å²) in [5.74, 6) is 1.30. The van der Waals surface area contributed by atoms with Crippen LogP contribution in [0.4, 0.5) is 0 Å². The SMILES string of the molecule is O=C(Cc1csc(COc2ccc(Cl)cc2)n1)NC(c1ccccc1)C1CC1. The predicted molar refractivity (Wildman–Crippen MR) is 112 cm³/mol. The fourth-order valence-electron chi connectivity index (χ4n) is 3.12. The van der Waals surface area contributed by atoms with Gasteiger partial charge >= 0.3 is 0 Å². The first-order valence-electron chi connectivity index (χ1n) is 9.33. The van der Waals surface area contributed by atoms with E-state index in [1.807, 2.05) is 35.7 Å². The molecule has 1 atom stereocenters. The van der Waals surface area contributed by atoms with Gasteiger partial charge < -0.3 is 10.1 Å². The Bertz CT molecular complexity index is 923. The largest absolute Gasteiger partial charge is 0.486 e. The lowest BCUT2D eigenvalue weighted by Gasteiger charge is -2.18. The van der Waals surface area contributed by atoms with E-state index in [1.54, 1.807) is 12.1 Å². The van der Waals surface area contributed by atoms with Crippen molar-refractivity contribution >= 4 is 28.8 Å². The molecule has 0 bridgehead atoms. The van der Waals surface area contributed by atoms with Crippen molar-refractivity contribution in [2.24, 2.45) is 5.92 Å². The van der Waals surface area contributed by atoms with Gasteiger partial charge in [-0.05, 0) is 48.6 Å². The fourth-order valence-corrected chi connectivity index (χ4v) is 3.96. The Hall–Kier alpha value is -2.37. The van der Waals surface area contributed by atoms with E-state index in [2.05, 4.69) is 22.4 Å². The van der Waals surface area contributed by atoms with Gasteiger partial charge in [-0.1, -0.05) is 41.9 Å². The van der Waals surface area contributed by atoms with Gasteiger partial charge in [-0.15, -0.1) is 11.3 Å². The van der Waals surface area contributed by atoms with E-state index in [0.29, 0.717) is 17.5 Å². The summed E-state index contributed by atoms with van der Waals surface area (Å²) in [5, 5.41) is 6.65. The lowest BCUT2D eigenvalue weighted by atomic mass is 10.0. The van der Waals surface area contributed by atoms with Crippen molar-refractivity contribution in [2.45, 2.75) is 31.9 Å². The number of hydrogen-bond donors (Lipinski definition) is 1. The molecule has 1 heterocycles. The van der Waals surface area contributed by atoms with E-state index in [-0.39, 0.29) is 18.4 Å². The third-order valence-electron chi connectivity index (χ3n) is 4.69. The number of amides is 1. The molecule has 0 radical (unpaired) electrons. The van der Waals surface area contributed by atoms with Crippen LogP contribution in [0, 0.1) is 5.92 Å². The van der Waals surface area contributed by atoms with Crippen molar-refractivity contribution in [2.75, 3.05) is 0 Å². The zero-order valence-electron chi connectivity index (χ0n) is 15.3. The Balaban J connectivity index is 1.31. The van der Waals surface area contributed by atoms with Crippen molar-refractivity contribution < 1.29 is 9.53 Å². The number of aromatic nitrogens is 1. The van der Waals surface area contributed by atoms with Gasteiger partial charge in [0.05, 0.1) is 18.2 Å². The molecular weight excluding hydrogens is 392 g/mol. The zero-order valence-corrected chi connectivity index (χ0v) is 16.9. The van der Waals surface area contributed by atoms with Crippen molar-refractivity contribution in [1.82, 2.24) is 10.3 Å². The number of rotatable bonds is 8. The molecule has 1 amide bonds. The zero-order chi connectivity index (χ0) is 19.3. The summed E-state index contributed by atoms with van der Waals surface area (Å²) in [4.78, 5) is 17.1. The normalized spacial score (nSPS) is 14.5. The molecule has 0 spiro atoms. The minimum absolute atomic E-state index is 0.0104. The van der Waals surface area contributed by atoms with E-state index >= 15 is 0 Å². The first kappa shape index (κ1) is 19.0. The average molecular weight is 413 g/mol. The molecule has 1 aliphatic carbocycles. The highest BCUT2D eigenvalue weighted by atomic mass is 35.5. The lowest BCUT2D eigenvalue weighted by Crippen LogP contribution is -2.31. The molecule has 1 N–H and O–H groups in total. The smallest absolute Gasteiger partial charge is 0.226 e. The Kier molecular flexibility index (Phi) is 5.93. The van der Waals surface area contributed by atoms with Crippen LogP contribution in [-0.2, 0) is 17.8 Å². The number of halogens is 1. The summed E-state index contributed by atoms with van der Waals surface area (Å²) in [6.45, 7) is 0.378. The van der Waals surface area contributed by atoms with Gasteiger partial charge in [0, 0.05) is 10.4 Å². The number of thiazole rings is 1. The van der Waals surface area contributed by atoms with Gasteiger partial charge in [-0.2, -0.15) is 0 Å². The molecule has 0 saturated heterocycles. The van der Waals surface area contributed by atoms with Gasteiger partial charge in [0.1, 0.15) is 17.4 Å². The molecule has 2 aromatic carbocycles. The Morgan fingerprint density at radius 3 is 2.64 bits per heavy atom. The maximum Gasteiger partial charge on any atom is 0.226 e. The molecular formula is C22H21ClN2O2S. The van der Waals surface area contributed by atoms with Crippen LogP contribution in [0.15, 0.2) is 60.0 Å². The molecule has 4 nitrogen and oxygen atoms in total. The number of hydrogen-bond acceptors (Lipinski definition) is 4. The second kappa shape index (κ2) is 8.76. The Morgan fingerprint density at radius 2 is 1.93 bits per heavy atom. The van der Waals surface area contributed by atoms with Crippen LogP contribution in [0.2, 0.25) is 5.02 Å². The molecule has 6 heteroatoms. The summed E-state index contributed by atoms with van der Waals surface area (Å²) in [6.07, 6.45) is 2.62. The molecule has 1 fully saturated rings. The van der Waals surface area contributed by atoms with Crippen molar-refractivity contribution in [3.63, 3.8) is 0 Å². The maximum absolute atomic E-state index is 12.6. The summed E-state index contributed by atoms with van der Waals surface area (Å²) in [6, 6.07) is 17.5. The summed E-state index contributed by atoms with van der Waals surface area (Å²) < 4.78 is 5.72. The van der Waals surface area contributed by atoms with E-state index < -0.39 is 0 Å². The van der Waals surface area contributed by atoms with Crippen LogP contribution in [0.5, 0.6) is 5.75 Å². The quantitative estimate of drug-likeness (QED) is 0.554. The van der Waals surface area contributed by atoms with Crippen LogP contribution >= 0.6 is 22.9 Å². The molecule has 3 aromatic rings. The van der Waals surface area contributed by atoms with Crippen LogP contribution in [0.25, 0.3) is 0 Å². The van der Waals surface area contributed by atoms with Crippen LogP contribution < -0.4 is 10.1 Å². The molecule has 0 aliphatic heterocycles. The first-order chi connectivity index (χ1) is 13.7. The lowest BCUT2D eigenvalue weighted by molar-refractivity contribution is -0.121. The third kappa shape index (κ3) is 5.12. The number of nitrogens with one attached hydrogen (secondary N) is 1. The van der Waals surface area contributed by atoms with Crippen molar-refractivity contribution in [3.05, 3.63) is 81.3 Å². The Morgan fingerprint density at radius 1 is 1.18 bits per heavy atom. The topological polar surface area (TPSA) is 51.2 Å². The van der Waals surface area contributed by atoms with Gasteiger partial charge in [-0.3, -0.25) is 4.79 Å². The monoisotopic (exact) mass is 412 g/mol. The summed E-state index contributed by atoms with van der Waals surface area (Å²) in [5.41, 5.74) is 1.95. The van der Waals surface area contributed by atoms with Crippen LogP contribution in [0.1, 0.15) is 35.1 Å². The summed E-state index contributed by atoms with van der Waals surface area (Å²) in [7, 11) is 0. The second-order valence-electron chi connectivity index (χ2n) is 6.95. The number of carbonyl (C=O) groups is 1. The van der Waals surface area contributed by atoms with E-state index in [9.17, 15) is 4.79 Å². The average Bonchev–Trinajstić information content (AvgIpc) is 3.46.